The maximum atomic E-state index is 5.88. The van der Waals surface area contributed by atoms with Gasteiger partial charge in [0.05, 0.1) is 4.90 Å². The third-order valence-electron chi connectivity index (χ3n) is 2.15. The summed E-state index contributed by atoms with van der Waals surface area (Å²) in [6.45, 7) is 0. The molecule has 0 heterocycles. The average Bonchev–Trinajstić information content (AvgIpc) is 2.24. The summed E-state index contributed by atoms with van der Waals surface area (Å²) in [4.78, 5) is 1.91. The largest absolute Gasteiger partial charge is 0.399 e. The van der Waals surface area contributed by atoms with E-state index in [0.29, 0.717) is 11.4 Å². The molecule has 0 radical (unpaired) electrons. The second kappa shape index (κ2) is 4.37. The summed E-state index contributed by atoms with van der Waals surface area (Å²) in [6, 6.07) is 13.2. The minimum absolute atomic E-state index is 0.687. The first-order chi connectivity index (χ1) is 7.66. The first-order valence-electron chi connectivity index (χ1n) is 4.84. The third-order valence-corrected chi connectivity index (χ3v) is 3.32. The standard InChI is InChI=1S/C12H13N3S/c13-8-3-1-4-9(7-8)16-12-10(14)5-2-6-11(12)15/h1-7H,13-15H2. The van der Waals surface area contributed by atoms with Crippen molar-refractivity contribution >= 4 is 28.8 Å². The van der Waals surface area contributed by atoms with Gasteiger partial charge in [-0.3, -0.25) is 0 Å². The van der Waals surface area contributed by atoms with Gasteiger partial charge in [-0.1, -0.05) is 23.9 Å². The van der Waals surface area contributed by atoms with Gasteiger partial charge in [0.2, 0.25) is 0 Å². The van der Waals surface area contributed by atoms with Gasteiger partial charge in [0.1, 0.15) is 0 Å². The summed E-state index contributed by atoms with van der Waals surface area (Å²) in [7, 11) is 0. The lowest BCUT2D eigenvalue weighted by Crippen LogP contribution is -1.94. The molecule has 0 amide bonds. The molecule has 0 saturated heterocycles. The molecule has 0 bridgehead atoms. The molecule has 4 heteroatoms. The van der Waals surface area contributed by atoms with Crippen LogP contribution in [0.4, 0.5) is 17.1 Å². The first kappa shape index (κ1) is 10.7. The Morgan fingerprint density at radius 1 is 0.812 bits per heavy atom. The van der Waals surface area contributed by atoms with E-state index >= 15 is 0 Å². The molecule has 0 aliphatic rings. The Bertz CT molecular complexity index is 491. The van der Waals surface area contributed by atoms with Crippen LogP contribution in [0.15, 0.2) is 52.3 Å². The molecule has 2 aromatic carbocycles. The molecule has 0 unspecified atom stereocenters. The summed E-state index contributed by atoms with van der Waals surface area (Å²) < 4.78 is 0. The summed E-state index contributed by atoms with van der Waals surface area (Å²) in [5.74, 6) is 0. The molecular weight excluding hydrogens is 218 g/mol. The summed E-state index contributed by atoms with van der Waals surface area (Å²) in [5, 5.41) is 0. The predicted molar refractivity (Wildman–Crippen MR) is 70.2 cm³/mol. The molecule has 2 rings (SSSR count). The SMILES string of the molecule is Nc1cccc(Sc2c(N)cccc2N)c1. The Labute approximate surface area is 98.6 Å². The van der Waals surface area contributed by atoms with Crippen molar-refractivity contribution in [3.8, 4) is 0 Å². The van der Waals surface area contributed by atoms with E-state index in [4.69, 9.17) is 17.2 Å². The number of benzene rings is 2. The van der Waals surface area contributed by atoms with Crippen molar-refractivity contribution < 1.29 is 0 Å². The first-order valence-corrected chi connectivity index (χ1v) is 5.66. The molecule has 16 heavy (non-hydrogen) atoms. The molecule has 2 aromatic rings. The van der Waals surface area contributed by atoms with Crippen molar-refractivity contribution in [2.75, 3.05) is 17.2 Å². The van der Waals surface area contributed by atoms with E-state index in [0.717, 1.165) is 15.5 Å². The Morgan fingerprint density at radius 2 is 1.44 bits per heavy atom. The van der Waals surface area contributed by atoms with Crippen LogP contribution in [0.5, 0.6) is 0 Å². The zero-order valence-electron chi connectivity index (χ0n) is 8.68. The molecule has 0 atom stereocenters. The number of rotatable bonds is 2. The van der Waals surface area contributed by atoms with Crippen molar-refractivity contribution in [2.45, 2.75) is 9.79 Å². The van der Waals surface area contributed by atoms with Crippen molar-refractivity contribution in [2.24, 2.45) is 0 Å². The molecule has 0 aromatic heterocycles. The van der Waals surface area contributed by atoms with E-state index in [1.807, 2.05) is 42.5 Å². The molecule has 3 nitrogen and oxygen atoms in total. The van der Waals surface area contributed by atoms with Crippen molar-refractivity contribution in [1.29, 1.82) is 0 Å². The summed E-state index contributed by atoms with van der Waals surface area (Å²) in [6.07, 6.45) is 0. The van der Waals surface area contributed by atoms with Gasteiger partial charge in [-0.05, 0) is 30.3 Å². The van der Waals surface area contributed by atoms with Crippen molar-refractivity contribution in [1.82, 2.24) is 0 Å². The van der Waals surface area contributed by atoms with E-state index in [1.165, 1.54) is 11.8 Å². The third kappa shape index (κ3) is 2.23. The Hall–Kier alpha value is -1.81. The maximum absolute atomic E-state index is 5.88. The van der Waals surface area contributed by atoms with Crippen LogP contribution in [0.1, 0.15) is 0 Å². The molecule has 0 spiro atoms. The summed E-state index contributed by atoms with van der Waals surface area (Å²) >= 11 is 1.52. The van der Waals surface area contributed by atoms with Crippen LogP contribution in [-0.2, 0) is 0 Å². The number of nitrogens with two attached hydrogens (primary N) is 3. The van der Waals surface area contributed by atoms with Crippen LogP contribution < -0.4 is 17.2 Å². The normalized spacial score (nSPS) is 10.2. The van der Waals surface area contributed by atoms with Crippen LogP contribution in [0.25, 0.3) is 0 Å². The number of nitrogen functional groups attached to an aromatic ring is 3. The monoisotopic (exact) mass is 231 g/mol. The highest BCUT2D eigenvalue weighted by Gasteiger charge is 2.05. The maximum Gasteiger partial charge on any atom is 0.0581 e. The highest BCUT2D eigenvalue weighted by atomic mass is 32.2. The molecule has 82 valence electrons. The predicted octanol–water partition coefficient (Wildman–Crippen LogP) is 2.58. The van der Waals surface area contributed by atoms with Gasteiger partial charge in [-0.2, -0.15) is 0 Å². The minimum atomic E-state index is 0.687. The van der Waals surface area contributed by atoms with Crippen LogP contribution in [0, 0.1) is 0 Å². The lowest BCUT2D eigenvalue weighted by atomic mass is 10.3. The van der Waals surface area contributed by atoms with Gasteiger partial charge in [0.25, 0.3) is 0 Å². The Morgan fingerprint density at radius 3 is 2.06 bits per heavy atom. The van der Waals surface area contributed by atoms with Crippen LogP contribution in [0.3, 0.4) is 0 Å². The Kier molecular flexibility index (Phi) is 2.92. The highest BCUT2D eigenvalue weighted by molar-refractivity contribution is 7.99. The molecule has 0 fully saturated rings. The zero-order valence-corrected chi connectivity index (χ0v) is 9.50. The quantitative estimate of drug-likeness (QED) is 0.694. The van der Waals surface area contributed by atoms with Crippen molar-refractivity contribution in [3.63, 3.8) is 0 Å². The Balaban J connectivity index is 2.34. The van der Waals surface area contributed by atoms with E-state index in [9.17, 15) is 0 Å². The number of hydrogen-bond donors (Lipinski definition) is 3. The second-order valence-corrected chi connectivity index (χ2v) is 4.52. The topological polar surface area (TPSA) is 78.1 Å². The fourth-order valence-corrected chi connectivity index (χ4v) is 2.34. The average molecular weight is 231 g/mol. The second-order valence-electron chi connectivity index (χ2n) is 3.44. The molecule has 0 saturated carbocycles. The van der Waals surface area contributed by atoms with Gasteiger partial charge in [0.15, 0.2) is 0 Å². The highest BCUT2D eigenvalue weighted by Crippen LogP contribution is 2.36. The van der Waals surface area contributed by atoms with E-state index < -0.39 is 0 Å². The molecule has 0 aliphatic carbocycles. The van der Waals surface area contributed by atoms with E-state index in [-0.39, 0.29) is 0 Å². The number of hydrogen-bond acceptors (Lipinski definition) is 4. The number of anilines is 3. The molecule has 0 aliphatic heterocycles. The minimum Gasteiger partial charge on any atom is -0.399 e. The van der Waals surface area contributed by atoms with Gasteiger partial charge in [0, 0.05) is 22.0 Å². The van der Waals surface area contributed by atoms with E-state index in [1.54, 1.807) is 0 Å². The van der Waals surface area contributed by atoms with Crippen LogP contribution in [0.2, 0.25) is 0 Å². The van der Waals surface area contributed by atoms with Crippen molar-refractivity contribution in [3.05, 3.63) is 42.5 Å². The molecule has 6 N–H and O–H groups in total. The van der Waals surface area contributed by atoms with Gasteiger partial charge >= 0.3 is 0 Å². The van der Waals surface area contributed by atoms with Crippen LogP contribution in [-0.4, -0.2) is 0 Å². The van der Waals surface area contributed by atoms with Gasteiger partial charge in [-0.15, -0.1) is 0 Å². The zero-order chi connectivity index (χ0) is 11.5. The van der Waals surface area contributed by atoms with Crippen LogP contribution >= 0.6 is 11.8 Å². The lowest BCUT2D eigenvalue weighted by Gasteiger charge is -2.08. The van der Waals surface area contributed by atoms with Gasteiger partial charge in [-0.25, -0.2) is 0 Å². The molecular formula is C12H13N3S. The van der Waals surface area contributed by atoms with E-state index in [2.05, 4.69) is 0 Å². The summed E-state index contributed by atoms with van der Waals surface area (Å²) in [5.41, 5.74) is 19.6. The fraction of sp³-hybridized carbons (Fsp3) is 0. The fourth-order valence-electron chi connectivity index (χ4n) is 1.39. The lowest BCUT2D eigenvalue weighted by molar-refractivity contribution is 1.41. The van der Waals surface area contributed by atoms with Gasteiger partial charge < -0.3 is 17.2 Å². The smallest absolute Gasteiger partial charge is 0.0581 e.